The topological polar surface area (TPSA) is 66.5 Å². The number of fused-ring (bicyclic) bond motifs is 1. The van der Waals surface area contributed by atoms with Gasteiger partial charge in [-0.15, -0.1) is 0 Å². The van der Waals surface area contributed by atoms with Crippen molar-refractivity contribution in [1.82, 2.24) is 4.90 Å². The van der Waals surface area contributed by atoms with Crippen molar-refractivity contribution >= 4 is 23.4 Å². The first-order valence-corrected chi connectivity index (χ1v) is 9.18. The van der Waals surface area contributed by atoms with E-state index in [1.165, 1.54) is 10.5 Å². The molecule has 0 radical (unpaired) electrons. The molecule has 0 bridgehead atoms. The summed E-state index contributed by atoms with van der Waals surface area (Å²) in [5, 5.41) is 2.84. The molecule has 0 saturated carbocycles. The number of amides is 3. The Balaban J connectivity index is 1.54. The maximum atomic E-state index is 12.4. The third-order valence-electron chi connectivity index (χ3n) is 5.20. The van der Waals surface area contributed by atoms with Gasteiger partial charge in [-0.1, -0.05) is 45.1 Å². The Bertz CT molecular complexity index is 718. The number of benzene rings is 1. The molecule has 3 rings (SSSR count). The summed E-state index contributed by atoms with van der Waals surface area (Å²) < 4.78 is 0. The number of likely N-dealkylation sites (tertiary alicyclic amines) is 1. The van der Waals surface area contributed by atoms with Crippen molar-refractivity contribution in [2.24, 2.45) is 11.8 Å². The van der Waals surface area contributed by atoms with Gasteiger partial charge in [0.05, 0.1) is 11.8 Å². The second-order valence-corrected chi connectivity index (χ2v) is 8.11. The van der Waals surface area contributed by atoms with Gasteiger partial charge >= 0.3 is 0 Å². The predicted octanol–water partition coefficient (Wildman–Crippen LogP) is 3.26. The van der Waals surface area contributed by atoms with Gasteiger partial charge in [-0.05, 0) is 36.0 Å². The molecule has 1 aliphatic carbocycles. The number of nitrogens with one attached hydrogen (secondary N) is 1. The van der Waals surface area contributed by atoms with Crippen LogP contribution in [-0.2, 0) is 19.8 Å². The molecule has 1 heterocycles. The molecule has 0 aromatic heterocycles. The summed E-state index contributed by atoms with van der Waals surface area (Å²) in [6, 6.07) is 7.76. The Morgan fingerprint density at radius 1 is 1.04 bits per heavy atom. The molecule has 0 unspecified atom stereocenters. The van der Waals surface area contributed by atoms with Crippen LogP contribution in [0.15, 0.2) is 36.4 Å². The summed E-state index contributed by atoms with van der Waals surface area (Å²) in [5.41, 5.74) is 1.98. The summed E-state index contributed by atoms with van der Waals surface area (Å²) in [6.45, 7) is 6.56. The predicted molar refractivity (Wildman–Crippen MR) is 100 cm³/mol. The Morgan fingerprint density at radius 3 is 2.08 bits per heavy atom. The first-order valence-electron chi connectivity index (χ1n) is 9.18. The van der Waals surface area contributed by atoms with Crippen LogP contribution in [0.3, 0.4) is 0 Å². The second-order valence-electron chi connectivity index (χ2n) is 8.11. The standard InChI is InChI=1S/C21H26N2O3/c1-21(2,3)14-8-10-15(11-9-14)22-18(24)12-13-23-19(25)16-6-4-5-7-17(16)20(23)26/h4-5,8-11,16-17H,6-7,12-13H2,1-3H3,(H,22,24)/t16-,17-/m0/s1. The van der Waals surface area contributed by atoms with Gasteiger partial charge in [-0.3, -0.25) is 19.3 Å². The number of hydrogen-bond donors (Lipinski definition) is 1. The van der Waals surface area contributed by atoms with Crippen molar-refractivity contribution in [1.29, 1.82) is 0 Å². The van der Waals surface area contributed by atoms with Crippen LogP contribution in [0.2, 0.25) is 0 Å². The van der Waals surface area contributed by atoms with Crippen LogP contribution in [0.1, 0.15) is 45.6 Å². The Morgan fingerprint density at radius 2 is 1.58 bits per heavy atom. The van der Waals surface area contributed by atoms with Crippen molar-refractivity contribution in [3.63, 3.8) is 0 Å². The number of anilines is 1. The van der Waals surface area contributed by atoms with Crippen molar-refractivity contribution in [2.45, 2.75) is 45.4 Å². The van der Waals surface area contributed by atoms with Gasteiger partial charge in [0, 0.05) is 18.7 Å². The van der Waals surface area contributed by atoms with Gasteiger partial charge in [0.25, 0.3) is 0 Å². The van der Waals surface area contributed by atoms with Gasteiger partial charge in [-0.25, -0.2) is 0 Å². The zero-order valence-electron chi connectivity index (χ0n) is 15.6. The molecule has 3 amide bonds. The maximum absolute atomic E-state index is 12.4. The first-order chi connectivity index (χ1) is 12.3. The molecule has 5 heteroatoms. The Kier molecular flexibility index (Phi) is 4.99. The highest BCUT2D eigenvalue weighted by atomic mass is 16.2. The minimum Gasteiger partial charge on any atom is -0.326 e. The molecule has 1 aliphatic heterocycles. The summed E-state index contributed by atoms with van der Waals surface area (Å²) in [4.78, 5) is 38.3. The lowest BCUT2D eigenvalue weighted by Gasteiger charge is -2.19. The largest absolute Gasteiger partial charge is 0.326 e. The normalized spacial score (nSPS) is 22.5. The molecule has 0 spiro atoms. The van der Waals surface area contributed by atoms with E-state index in [0.717, 1.165) is 5.69 Å². The Labute approximate surface area is 154 Å². The number of allylic oxidation sites excluding steroid dienone is 2. The zero-order valence-corrected chi connectivity index (χ0v) is 15.6. The highest BCUT2D eigenvalue weighted by Crippen LogP contribution is 2.35. The van der Waals surface area contributed by atoms with Gasteiger partial charge in [-0.2, -0.15) is 0 Å². The van der Waals surface area contributed by atoms with E-state index in [-0.39, 0.29) is 47.9 Å². The van der Waals surface area contributed by atoms with E-state index in [1.807, 2.05) is 36.4 Å². The van der Waals surface area contributed by atoms with E-state index < -0.39 is 0 Å². The lowest BCUT2D eigenvalue weighted by Crippen LogP contribution is -2.34. The summed E-state index contributed by atoms with van der Waals surface area (Å²) in [5.74, 6) is -0.929. The summed E-state index contributed by atoms with van der Waals surface area (Å²) >= 11 is 0. The van der Waals surface area contributed by atoms with Gasteiger partial charge in [0.1, 0.15) is 0 Å². The highest BCUT2D eigenvalue weighted by Gasteiger charge is 2.46. The smallest absolute Gasteiger partial charge is 0.233 e. The fourth-order valence-electron chi connectivity index (χ4n) is 3.58. The zero-order chi connectivity index (χ0) is 18.9. The SMILES string of the molecule is CC(C)(C)c1ccc(NC(=O)CCN2C(=O)[C@H]3CC=CC[C@@H]3C2=O)cc1. The lowest BCUT2D eigenvalue weighted by atomic mass is 9.85. The van der Waals surface area contributed by atoms with E-state index in [0.29, 0.717) is 12.8 Å². The summed E-state index contributed by atoms with van der Waals surface area (Å²) in [6.07, 6.45) is 5.29. The van der Waals surface area contributed by atoms with Gasteiger partial charge < -0.3 is 5.32 Å². The molecule has 5 nitrogen and oxygen atoms in total. The fourth-order valence-corrected chi connectivity index (χ4v) is 3.58. The van der Waals surface area contributed by atoms with Crippen LogP contribution in [0.4, 0.5) is 5.69 Å². The van der Waals surface area contributed by atoms with Crippen LogP contribution in [0.25, 0.3) is 0 Å². The van der Waals surface area contributed by atoms with E-state index in [4.69, 9.17) is 0 Å². The molecule has 26 heavy (non-hydrogen) atoms. The minimum absolute atomic E-state index is 0.0602. The summed E-state index contributed by atoms with van der Waals surface area (Å²) in [7, 11) is 0. The van der Waals surface area contributed by atoms with Gasteiger partial charge in [0.15, 0.2) is 0 Å². The molecular weight excluding hydrogens is 328 g/mol. The van der Waals surface area contributed by atoms with Crippen LogP contribution >= 0.6 is 0 Å². The van der Waals surface area contributed by atoms with Gasteiger partial charge in [0.2, 0.25) is 17.7 Å². The van der Waals surface area contributed by atoms with E-state index >= 15 is 0 Å². The quantitative estimate of drug-likeness (QED) is 0.667. The molecule has 1 saturated heterocycles. The highest BCUT2D eigenvalue weighted by molar-refractivity contribution is 6.05. The maximum Gasteiger partial charge on any atom is 0.233 e. The number of rotatable bonds is 4. The van der Waals surface area contributed by atoms with Crippen molar-refractivity contribution < 1.29 is 14.4 Å². The Hall–Kier alpha value is -2.43. The number of nitrogens with zero attached hydrogens (tertiary/aromatic N) is 1. The number of hydrogen-bond acceptors (Lipinski definition) is 3. The fraction of sp³-hybridized carbons (Fsp3) is 0.476. The molecule has 1 fully saturated rings. The molecular formula is C21H26N2O3. The van der Waals surface area contributed by atoms with Crippen LogP contribution in [0, 0.1) is 11.8 Å². The first kappa shape index (κ1) is 18.4. The second kappa shape index (κ2) is 7.06. The minimum atomic E-state index is -0.236. The molecule has 2 atom stereocenters. The average molecular weight is 354 g/mol. The van der Waals surface area contributed by atoms with Crippen molar-refractivity contribution in [3.05, 3.63) is 42.0 Å². The van der Waals surface area contributed by atoms with Crippen LogP contribution in [-0.4, -0.2) is 29.2 Å². The third kappa shape index (κ3) is 3.71. The average Bonchev–Trinajstić information content (AvgIpc) is 2.84. The van der Waals surface area contributed by atoms with E-state index in [2.05, 4.69) is 26.1 Å². The van der Waals surface area contributed by atoms with E-state index in [9.17, 15) is 14.4 Å². The van der Waals surface area contributed by atoms with Crippen molar-refractivity contribution in [3.8, 4) is 0 Å². The molecule has 138 valence electrons. The number of imide groups is 1. The molecule has 1 N–H and O–H groups in total. The number of carbonyl (C=O) groups excluding carboxylic acids is 3. The number of carbonyl (C=O) groups is 3. The van der Waals surface area contributed by atoms with Crippen LogP contribution < -0.4 is 5.32 Å². The molecule has 1 aromatic carbocycles. The third-order valence-corrected chi connectivity index (χ3v) is 5.20. The monoisotopic (exact) mass is 354 g/mol. The van der Waals surface area contributed by atoms with Crippen LogP contribution in [0.5, 0.6) is 0 Å². The van der Waals surface area contributed by atoms with E-state index in [1.54, 1.807) is 0 Å². The lowest BCUT2D eigenvalue weighted by molar-refractivity contribution is -0.140. The molecule has 1 aromatic rings. The van der Waals surface area contributed by atoms with Crippen molar-refractivity contribution in [2.75, 3.05) is 11.9 Å². The molecule has 2 aliphatic rings.